The zero-order valence-electron chi connectivity index (χ0n) is 13.7. The molecule has 1 heterocycles. The van der Waals surface area contributed by atoms with Crippen LogP contribution in [0.1, 0.15) is 38.1 Å². The lowest BCUT2D eigenvalue weighted by Crippen LogP contribution is -2.30. The number of ketones is 1. The van der Waals surface area contributed by atoms with Crippen LogP contribution in [0.5, 0.6) is 0 Å². The molecule has 22 heavy (non-hydrogen) atoms. The number of hydrogen-bond donors (Lipinski definition) is 0. The van der Waals surface area contributed by atoms with Crippen LogP contribution in [0, 0.1) is 0 Å². The van der Waals surface area contributed by atoms with E-state index in [0.717, 1.165) is 11.1 Å². The lowest BCUT2D eigenvalue weighted by molar-refractivity contribution is 0.0957. The zero-order chi connectivity index (χ0) is 15.9. The molecule has 1 saturated heterocycles. The van der Waals surface area contributed by atoms with Gasteiger partial charge >= 0.3 is 0 Å². The molecule has 1 aliphatic rings. The fraction of sp³-hybridized carbons (Fsp3) is 0.350. The van der Waals surface area contributed by atoms with Crippen LogP contribution in [0.4, 0.5) is 0 Å². The van der Waals surface area contributed by atoms with Crippen LogP contribution >= 0.6 is 0 Å². The lowest BCUT2D eigenvalue weighted by Gasteiger charge is -2.21. The summed E-state index contributed by atoms with van der Waals surface area (Å²) >= 11 is 0. The maximum atomic E-state index is 12.7. The van der Waals surface area contributed by atoms with E-state index in [9.17, 15) is 4.79 Å². The number of carbonyl (C=O) groups is 1. The van der Waals surface area contributed by atoms with Crippen molar-refractivity contribution < 1.29 is 4.79 Å². The summed E-state index contributed by atoms with van der Waals surface area (Å²) in [7, 11) is 0. The monoisotopic (exact) mass is 293 g/mol. The van der Waals surface area contributed by atoms with Gasteiger partial charge in [-0.25, -0.2) is 0 Å². The molecular formula is C20H23NO. The Hall–Kier alpha value is -1.93. The highest BCUT2D eigenvalue weighted by Crippen LogP contribution is 2.38. The molecule has 0 spiro atoms. The summed E-state index contributed by atoms with van der Waals surface area (Å²) in [4.78, 5) is 15.0. The molecule has 2 aromatic rings. The predicted octanol–water partition coefficient (Wildman–Crippen LogP) is 4.41. The van der Waals surface area contributed by atoms with Gasteiger partial charge in [0.2, 0.25) is 0 Å². The van der Waals surface area contributed by atoms with Gasteiger partial charge < -0.3 is 0 Å². The van der Waals surface area contributed by atoms with Gasteiger partial charge in [-0.3, -0.25) is 9.69 Å². The van der Waals surface area contributed by atoms with E-state index in [1.54, 1.807) is 0 Å². The molecule has 0 amide bonds. The number of rotatable bonds is 3. The summed E-state index contributed by atoms with van der Waals surface area (Å²) < 4.78 is 0. The Bertz CT molecular complexity index is 667. The minimum atomic E-state index is 0.0302. The molecule has 2 heteroatoms. The van der Waals surface area contributed by atoms with E-state index < -0.39 is 0 Å². The van der Waals surface area contributed by atoms with E-state index in [1.165, 1.54) is 5.56 Å². The van der Waals surface area contributed by atoms with Crippen LogP contribution in [-0.4, -0.2) is 28.3 Å². The van der Waals surface area contributed by atoms with Crippen molar-refractivity contribution in [2.24, 2.45) is 0 Å². The third-order valence-electron chi connectivity index (χ3n) is 4.43. The minimum Gasteiger partial charge on any atom is -0.292 e. The molecule has 0 aliphatic carbocycles. The maximum absolute atomic E-state index is 12.7. The largest absolute Gasteiger partial charge is 0.292 e. The Kier molecular flexibility index (Phi) is 3.65. The first-order chi connectivity index (χ1) is 10.4. The number of Topliss-reactive ketones (excluding diaryl/α,β-unsaturated/α-hetero) is 1. The average molecular weight is 293 g/mol. The van der Waals surface area contributed by atoms with Crippen LogP contribution < -0.4 is 0 Å². The average Bonchev–Trinajstić information content (AvgIpc) is 3.19. The number of nitrogens with zero attached hydrogens (tertiary/aromatic N) is 1. The third-order valence-corrected chi connectivity index (χ3v) is 4.43. The van der Waals surface area contributed by atoms with Gasteiger partial charge in [0.15, 0.2) is 5.78 Å². The first kappa shape index (κ1) is 15.0. The molecule has 0 aromatic heterocycles. The van der Waals surface area contributed by atoms with Gasteiger partial charge in [0.1, 0.15) is 0 Å². The molecule has 3 atom stereocenters. The van der Waals surface area contributed by atoms with Crippen molar-refractivity contribution >= 4 is 5.78 Å². The summed E-state index contributed by atoms with van der Waals surface area (Å²) in [6, 6.07) is 18.6. The second-order valence-electron chi connectivity index (χ2n) is 7.07. The molecule has 2 aromatic carbocycles. The summed E-state index contributed by atoms with van der Waals surface area (Å²) in [5.41, 5.74) is 3.18. The molecule has 0 bridgehead atoms. The summed E-state index contributed by atoms with van der Waals surface area (Å²) in [5.74, 6) is 0.238. The first-order valence-corrected chi connectivity index (χ1v) is 7.88. The molecule has 1 aliphatic heterocycles. The van der Waals surface area contributed by atoms with Crippen molar-refractivity contribution in [3.05, 3.63) is 60.2 Å². The van der Waals surface area contributed by atoms with E-state index in [4.69, 9.17) is 0 Å². The van der Waals surface area contributed by atoms with Crippen LogP contribution in [0.25, 0.3) is 11.1 Å². The van der Waals surface area contributed by atoms with Crippen molar-refractivity contribution in [2.75, 3.05) is 0 Å². The van der Waals surface area contributed by atoms with Gasteiger partial charge in [-0.2, -0.15) is 0 Å². The van der Waals surface area contributed by atoms with E-state index in [2.05, 4.69) is 44.7 Å². The van der Waals surface area contributed by atoms with Crippen molar-refractivity contribution in [1.82, 2.24) is 4.90 Å². The summed E-state index contributed by atoms with van der Waals surface area (Å²) in [6.45, 7) is 8.62. The van der Waals surface area contributed by atoms with Gasteiger partial charge in [-0.15, -0.1) is 0 Å². The van der Waals surface area contributed by atoms with E-state index in [0.29, 0.717) is 6.04 Å². The van der Waals surface area contributed by atoms with Gasteiger partial charge in [0, 0.05) is 17.1 Å². The van der Waals surface area contributed by atoms with Crippen molar-refractivity contribution in [2.45, 2.75) is 45.3 Å². The quantitative estimate of drug-likeness (QED) is 0.617. The topological polar surface area (TPSA) is 20.1 Å². The fourth-order valence-electron chi connectivity index (χ4n) is 3.35. The molecule has 114 valence electrons. The third kappa shape index (κ3) is 2.71. The molecule has 1 fully saturated rings. The highest BCUT2D eigenvalue weighted by Gasteiger charge is 2.54. The van der Waals surface area contributed by atoms with Crippen molar-refractivity contribution in [1.29, 1.82) is 0 Å². The number of benzene rings is 2. The Labute approximate surface area is 132 Å². The molecule has 2 nitrogen and oxygen atoms in total. The van der Waals surface area contributed by atoms with Gasteiger partial charge in [-0.05, 0) is 38.8 Å². The zero-order valence-corrected chi connectivity index (χ0v) is 13.7. The fourth-order valence-corrected chi connectivity index (χ4v) is 3.35. The standard InChI is InChI=1S/C20H23NO/c1-14-18(21(14)20(2,3)4)19(22)17-12-10-16(11-13-17)15-8-6-5-7-9-15/h5-14,18H,1-4H3/t14-,18-,21?/m0/s1. The smallest absolute Gasteiger partial charge is 0.181 e. The minimum absolute atomic E-state index is 0.0302. The Morgan fingerprint density at radius 2 is 1.45 bits per heavy atom. The number of carbonyl (C=O) groups excluding carboxylic acids is 1. The second kappa shape index (κ2) is 5.36. The Balaban J connectivity index is 1.78. The van der Waals surface area contributed by atoms with Crippen LogP contribution in [-0.2, 0) is 0 Å². The van der Waals surface area contributed by atoms with Crippen molar-refractivity contribution in [3.8, 4) is 11.1 Å². The van der Waals surface area contributed by atoms with Crippen LogP contribution in [0.15, 0.2) is 54.6 Å². The normalized spacial score (nSPS) is 24.1. The maximum Gasteiger partial charge on any atom is 0.181 e. The summed E-state index contributed by atoms with van der Waals surface area (Å²) in [5, 5.41) is 0. The second-order valence-corrected chi connectivity index (χ2v) is 7.07. The SMILES string of the molecule is C[C@H]1[C@@H](C(=O)c2ccc(-c3ccccc3)cc2)N1C(C)(C)C. The van der Waals surface area contributed by atoms with E-state index in [1.807, 2.05) is 42.5 Å². The van der Waals surface area contributed by atoms with Gasteiger partial charge in [-0.1, -0.05) is 54.6 Å². The van der Waals surface area contributed by atoms with Crippen LogP contribution in [0.3, 0.4) is 0 Å². The predicted molar refractivity (Wildman–Crippen MR) is 91.1 cm³/mol. The van der Waals surface area contributed by atoms with E-state index >= 15 is 0 Å². The lowest BCUT2D eigenvalue weighted by atomic mass is 10.0. The molecule has 0 N–H and O–H groups in total. The number of hydrogen-bond acceptors (Lipinski definition) is 2. The highest BCUT2D eigenvalue weighted by atomic mass is 16.1. The Morgan fingerprint density at radius 3 is 1.95 bits per heavy atom. The van der Waals surface area contributed by atoms with Crippen LogP contribution in [0.2, 0.25) is 0 Å². The molecular weight excluding hydrogens is 270 g/mol. The Morgan fingerprint density at radius 1 is 0.909 bits per heavy atom. The van der Waals surface area contributed by atoms with Gasteiger partial charge in [0.25, 0.3) is 0 Å². The van der Waals surface area contributed by atoms with Crippen molar-refractivity contribution in [3.63, 3.8) is 0 Å². The van der Waals surface area contributed by atoms with Gasteiger partial charge in [0.05, 0.1) is 6.04 Å². The molecule has 0 radical (unpaired) electrons. The first-order valence-electron chi connectivity index (χ1n) is 7.88. The highest BCUT2D eigenvalue weighted by molar-refractivity contribution is 6.03. The molecule has 3 rings (SSSR count). The van der Waals surface area contributed by atoms with E-state index in [-0.39, 0.29) is 17.4 Å². The summed E-state index contributed by atoms with van der Waals surface area (Å²) in [6.07, 6.45) is 0. The molecule has 1 unspecified atom stereocenters. The molecule has 0 saturated carbocycles.